The molecule has 3 heterocycles. The van der Waals surface area contributed by atoms with Crippen LogP contribution in [0.15, 0.2) is 36.9 Å². The molecule has 0 fully saturated rings. The zero-order valence-corrected chi connectivity index (χ0v) is 14.3. The maximum Gasteiger partial charge on any atom is 0.138 e. The van der Waals surface area contributed by atoms with Gasteiger partial charge in [0.25, 0.3) is 0 Å². The highest BCUT2D eigenvalue weighted by Crippen LogP contribution is 2.14. The number of aryl methyl sites for hydroxylation is 1. The summed E-state index contributed by atoms with van der Waals surface area (Å²) in [4.78, 5) is 3.97. The van der Waals surface area contributed by atoms with Crippen LogP contribution in [0.4, 0.5) is 0 Å². The molecule has 130 valence electrons. The minimum Gasteiger partial charge on any atom is -0.315 e. The van der Waals surface area contributed by atoms with Crippen molar-refractivity contribution in [3.05, 3.63) is 54.1 Å². The normalized spacial score (nSPS) is 14.2. The van der Waals surface area contributed by atoms with E-state index in [0.717, 1.165) is 49.8 Å². The Bertz CT molecular complexity index is 789. The van der Waals surface area contributed by atoms with Gasteiger partial charge in [-0.15, -0.1) is 10.2 Å². The molecule has 0 spiro atoms. The third kappa shape index (κ3) is 3.76. The van der Waals surface area contributed by atoms with E-state index >= 15 is 0 Å². The van der Waals surface area contributed by atoms with Gasteiger partial charge in [-0.25, -0.2) is 9.67 Å². The van der Waals surface area contributed by atoms with Crippen LogP contribution in [-0.2, 0) is 25.9 Å². The van der Waals surface area contributed by atoms with Crippen LogP contribution in [0.3, 0.4) is 0 Å². The lowest BCUT2D eigenvalue weighted by Gasteiger charge is -2.08. The molecule has 0 bridgehead atoms. The number of benzene rings is 1. The van der Waals surface area contributed by atoms with Gasteiger partial charge in [0, 0.05) is 32.5 Å². The number of rotatable bonds is 6. The van der Waals surface area contributed by atoms with E-state index in [1.807, 2.05) is 0 Å². The van der Waals surface area contributed by atoms with Crippen LogP contribution in [-0.4, -0.2) is 36.1 Å². The molecule has 0 radical (unpaired) electrons. The minimum absolute atomic E-state index is 0.846. The molecule has 4 rings (SSSR count). The van der Waals surface area contributed by atoms with Crippen molar-refractivity contribution in [1.82, 2.24) is 34.8 Å². The van der Waals surface area contributed by atoms with Crippen LogP contribution < -0.4 is 5.32 Å². The Kier molecular flexibility index (Phi) is 4.83. The molecule has 0 atom stereocenters. The topological polar surface area (TPSA) is 73.5 Å². The van der Waals surface area contributed by atoms with E-state index < -0.39 is 0 Å². The Hall–Kier alpha value is -2.54. The van der Waals surface area contributed by atoms with E-state index in [-0.39, 0.29) is 0 Å². The zero-order chi connectivity index (χ0) is 16.9. The second-order valence-corrected chi connectivity index (χ2v) is 6.43. The molecule has 0 unspecified atom stereocenters. The number of fused-ring (bicyclic) bond motifs is 1. The van der Waals surface area contributed by atoms with Crippen LogP contribution >= 0.6 is 0 Å². The van der Waals surface area contributed by atoms with E-state index in [1.165, 1.54) is 24.8 Å². The summed E-state index contributed by atoms with van der Waals surface area (Å²) in [5.74, 6) is 2.28. The van der Waals surface area contributed by atoms with Crippen molar-refractivity contribution < 1.29 is 0 Å². The predicted octanol–water partition coefficient (Wildman–Crippen LogP) is 1.92. The first-order valence-corrected chi connectivity index (χ1v) is 8.96. The minimum atomic E-state index is 0.846. The number of nitrogens with zero attached hydrogens (tertiary/aromatic N) is 6. The molecule has 25 heavy (non-hydrogen) atoms. The van der Waals surface area contributed by atoms with Crippen molar-refractivity contribution >= 4 is 0 Å². The maximum absolute atomic E-state index is 4.38. The Balaban J connectivity index is 1.28. The fraction of sp³-hybridized carbons (Fsp3) is 0.444. The Morgan fingerprint density at radius 2 is 1.96 bits per heavy atom. The molecule has 1 aliphatic heterocycles. The van der Waals surface area contributed by atoms with Crippen molar-refractivity contribution in [3.8, 4) is 5.69 Å². The molecule has 1 N–H and O–H groups in total. The third-order valence-corrected chi connectivity index (χ3v) is 4.66. The summed E-state index contributed by atoms with van der Waals surface area (Å²) in [7, 11) is 0. The lowest BCUT2D eigenvalue weighted by atomic mass is 10.2. The largest absolute Gasteiger partial charge is 0.315 e. The summed E-state index contributed by atoms with van der Waals surface area (Å²) < 4.78 is 4.08. The smallest absolute Gasteiger partial charge is 0.138 e. The van der Waals surface area contributed by atoms with Gasteiger partial charge in [-0.05, 0) is 30.5 Å². The van der Waals surface area contributed by atoms with Crippen molar-refractivity contribution in [1.29, 1.82) is 0 Å². The summed E-state index contributed by atoms with van der Waals surface area (Å²) in [5.41, 5.74) is 2.27. The molecule has 0 saturated carbocycles. The molecule has 7 nitrogen and oxygen atoms in total. The number of hydrogen-bond acceptors (Lipinski definition) is 5. The van der Waals surface area contributed by atoms with E-state index in [1.54, 1.807) is 17.3 Å². The van der Waals surface area contributed by atoms with E-state index in [2.05, 4.69) is 54.4 Å². The molecular formula is C18H23N7. The van der Waals surface area contributed by atoms with Crippen LogP contribution in [0.5, 0.6) is 0 Å². The third-order valence-electron chi connectivity index (χ3n) is 4.66. The molecule has 3 aromatic rings. The van der Waals surface area contributed by atoms with Crippen molar-refractivity contribution in [2.75, 3.05) is 6.54 Å². The Morgan fingerprint density at radius 1 is 1.04 bits per heavy atom. The first-order chi connectivity index (χ1) is 12.4. The molecule has 7 heteroatoms. The van der Waals surface area contributed by atoms with Gasteiger partial charge < -0.3 is 9.88 Å². The first kappa shape index (κ1) is 16.0. The predicted molar refractivity (Wildman–Crippen MR) is 94.3 cm³/mol. The van der Waals surface area contributed by atoms with Gasteiger partial charge >= 0.3 is 0 Å². The summed E-state index contributed by atoms with van der Waals surface area (Å²) in [6.45, 7) is 2.82. The monoisotopic (exact) mass is 337 g/mol. The van der Waals surface area contributed by atoms with Crippen molar-refractivity contribution in [2.45, 2.75) is 45.2 Å². The quantitative estimate of drug-likeness (QED) is 0.696. The molecule has 0 aliphatic carbocycles. The Morgan fingerprint density at radius 3 is 2.80 bits per heavy atom. The summed E-state index contributed by atoms with van der Waals surface area (Å²) in [6, 6.07) is 8.36. The number of nitrogens with one attached hydrogen (secondary N) is 1. The second kappa shape index (κ2) is 7.57. The molecular weight excluding hydrogens is 314 g/mol. The van der Waals surface area contributed by atoms with Crippen LogP contribution in [0.1, 0.15) is 36.5 Å². The average molecular weight is 337 g/mol. The van der Waals surface area contributed by atoms with Crippen molar-refractivity contribution in [3.63, 3.8) is 0 Å². The molecule has 1 aromatic carbocycles. The van der Waals surface area contributed by atoms with Crippen LogP contribution in [0.25, 0.3) is 5.69 Å². The fourth-order valence-electron chi connectivity index (χ4n) is 3.27. The average Bonchev–Trinajstić information content (AvgIpc) is 3.25. The molecule has 0 amide bonds. The maximum atomic E-state index is 4.38. The summed E-state index contributed by atoms with van der Waals surface area (Å²) in [6.07, 6.45) is 9.01. The van der Waals surface area contributed by atoms with Gasteiger partial charge in [0.05, 0.1) is 5.69 Å². The lowest BCUT2D eigenvalue weighted by molar-refractivity contribution is 0.587. The number of hydrogen-bond donors (Lipinski definition) is 1. The highest BCUT2D eigenvalue weighted by Gasteiger charge is 2.13. The zero-order valence-electron chi connectivity index (χ0n) is 14.3. The van der Waals surface area contributed by atoms with E-state index in [0.29, 0.717) is 0 Å². The first-order valence-electron chi connectivity index (χ1n) is 8.96. The lowest BCUT2D eigenvalue weighted by Crippen LogP contribution is -2.19. The Labute approximate surface area is 147 Å². The van der Waals surface area contributed by atoms with Gasteiger partial charge in [-0.1, -0.05) is 18.6 Å². The van der Waals surface area contributed by atoms with Gasteiger partial charge in [0.1, 0.15) is 24.3 Å². The van der Waals surface area contributed by atoms with Crippen LogP contribution in [0.2, 0.25) is 0 Å². The standard InChI is InChI=1S/C18H23N7/c1-2-4-17-22-23-18(24(17)11-3-1)9-10-19-12-15-5-7-16(8-6-15)25-14-20-13-21-25/h5-8,13-14,19H,1-4,9-12H2. The fourth-order valence-corrected chi connectivity index (χ4v) is 3.27. The van der Waals surface area contributed by atoms with Gasteiger partial charge in [-0.3, -0.25) is 0 Å². The van der Waals surface area contributed by atoms with E-state index in [4.69, 9.17) is 0 Å². The van der Waals surface area contributed by atoms with E-state index in [9.17, 15) is 0 Å². The highest BCUT2D eigenvalue weighted by atomic mass is 15.3. The summed E-state index contributed by atoms with van der Waals surface area (Å²) >= 11 is 0. The highest BCUT2D eigenvalue weighted by molar-refractivity contribution is 5.33. The van der Waals surface area contributed by atoms with Gasteiger partial charge in [-0.2, -0.15) is 5.10 Å². The summed E-state index contributed by atoms with van der Waals surface area (Å²) in [5, 5.41) is 16.4. The second-order valence-electron chi connectivity index (χ2n) is 6.43. The molecule has 2 aromatic heterocycles. The van der Waals surface area contributed by atoms with Crippen LogP contribution in [0, 0.1) is 0 Å². The molecule has 1 aliphatic rings. The van der Waals surface area contributed by atoms with Gasteiger partial charge in [0.15, 0.2) is 0 Å². The molecule has 0 saturated heterocycles. The van der Waals surface area contributed by atoms with Gasteiger partial charge in [0.2, 0.25) is 0 Å². The van der Waals surface area contributed by atoms with Crippen molar-refractivity contribution in [2.24, 2.45) is 0 Å². The number of aromatic nitrogens is 6. The SMILES string of the molecule is c1ncn(-c2ccc(CNCCc3nnc4n3CCCCC4)cc2)n1.